The third-order valence-corrected chi connectivity index (χ3v) is 5.21. The first-order valence-electron chi connectivity index (χ1n) is 9.61. The lowest BCUT2D eigenvalue weighted by Gasteiger charge is -2.30. The van der Waals surface area contributed by atoms with E-state index in [1.807, 2.05) is 30.3 Å². The molecule has 0 saturated carbocycles. The van der Waals surface area contributed by atoms with Crippen molar-refractivity contribution in [2.75, 3.05) is 18.4 Å². The van der Waals surface area contributed by atoms with E-state index in [0.717, 1.165) is 18.4 Å². The fraction of sp³-hybridized carbons (Fsp3) is 0.273. The number of nitrogens with zero attached hydrogens (tertiary/aromatic N) is 2. The Morgan fingerprint density at radius 1 is 1.24 bits per heavy atom. The summed E-state index contributed by atoms with van der Waals surface area (Å²) in [6, 6.07) is 14.7. The number of benzene rings is 2. The Balaban J connectivity index is 1.45. The Kier molecular flexibility index (Phi) is 5.83. The molecule has 1 aliphatic rings. The Morgan fingerprint density at radius 2 is 2.03 bits per heavy atom. The minimum atomic E-state index is -0.452. The van der Waals surface area contributed by atoms with Crippen LogP contribution in [-0.2, 0) is 6.54 Å². The van der Waals surface area contributed by atoms with Crippen LogP contribution in [0.2, 0.25) is 5.02 Å². The molecule has 2 heterocycles. The van der Waals surface area contributed by atoms with Crippen LogP contribution in [0.4, 0.5) is 5.69 Å². The molecule has 29 heavy (non-hydrogen) atoms. The summed E-state index contributed by atoms with van der Waals surface area (Å²) >= 11 is 5.93. The van der Waals surface area contributed by atoms with Crippen LogP contribution in [0, 0.1) is 0 Å². The number of hydrogen-bond donors (Lipinski definition) is 2. The molecule has 0 radical (unpaired) electrons. The lowest BCUT2D eigenvalue weighted by molar-refractivity contribution is 0.0474. The molecular weight excluding hydrogens is 390 g/mol. The number of amides is 1. The quantitative estimate of drug-likeness (QED) is 0.657. The van der Waals surface area contributed by atoms with Crippen LogP contribution in [0.1, 0.15) is 29.1 Å². The van der Waals surface area contributed by atoms with Gasteiger partial charge >= 0.3 is 0 Å². The number of halogens is 1. The van der Waals surface area contributed by atoms with Crippen LogP contribution >= 0.6 is 11.6 Å². The number of β-amino-alcohol motifs (C(OH)–C–C–N with tert-alkyl or cyclic N) is 1. The molecule has 2 N–H and O–H groups in total. The molecule has 1 aliphatic heterocycles. The highest BCUT2D eigenvalue weighted by molar-refractivity contribution is 6.30. The molecule has 1 unspecified atom stereocenters. The first-order chi connectivity index (χ1) is 14.1. The van der Waals surface area contributed by atoms with Crippen LogP contribution in [0.15, 0.2) is 59.1 Å². The average molecular weight is 412 g/mol. The van der Waals surface area contributed by atoms with E-state index in [0.29, 0.717) is 47.6 Å². The van der Waals surface area contributed by atoms with Gasteiger partial charge in [0.25, 0.3) is 5.91 Å². The Hall–Kier alpha value is -2.83. The second kappa shape index (κ2) is 8.68. The van der Waals surface area contributed by atoms with Gasteiger partial charge in [0.15, 0.2) is 5.76 Å². The number of oxazole rings is 1. The number of aromatic nitrogens is 1. The van der Waals surface area contributed by atoms with Crippen molar-refractivity contribution in [3.05, 3.63) is 71.2 Å². The number of likely N-dealkylation sites (tertiary alicyclic amines) is 1. The minimum absolute atomic E-state index is 0.0823. The van der Waals surface area contributed by atoms with Crippen LogP contribution in [0.5, 0.6) is 0 Å². The average Bonchev–Trinajstić information content (AvgIpc) is 3.21. The lowest BCUT2D eigenvalue weighted by atomic mass is 10.1. The van der Waals surface area contributed by atoms with Gasteiger partial charge in [-0.25, -0.2) is 4.98 Å². The van der Waals surface area contributed by atoms with E-state index in [9.17, 15) is 9.90 Å². The van der Waals surface area contributed by atoms with Crippen molar-refractivity contribution >= 4 is 23.2 Å². The summed E-state index contributed by atoms with van der Waals surface area (Å²) in [5.74, 6) is 1.09. The molecule has 1 amide bonds. The highest BCUT2D eigenvalue weighted by atomic mass is 35.5. The summed E-state index contributed by atoms with van der Waals surface area (Å²) < 4.78 is 5.82. The fourth-order valence-corrected chi connectivity index (χ4v) is 3.57. The maximum atomic E-state index is 12.9. The summed E-state index contributed by atoms with van der Waals surface area (Å²) in [5.41, 5.74) is 2.18. The second-order valence-corrected chi connectivity index (χ2v) is 7.51. The molecule has 0 aliphatic carbocycles. The summed E-state index contributed by atoms with van der Waals surface area (Å²) in [6.45, 7) is 1.38. The first-order valence-corrected chi connectivity index (χ1v) is 9.99. The molecule has 2 aromatic carbocycles. The van der Waals surface area contributed by atoms with E-state index in [-0.39, 0.29) is 5.91 Å². The first kappa shape index (κ1) is 19.5. The van der Waals surface area contributed by atoms with Crippen LogP contribution < -0.4 is 5.32 Å². The standard InChI is InChI=1S/C22H22ClN3O3/c23-16-9-7-15(8-10-16)20-12-25-21(29-20)13-24-19-6-2-1-5-18(19)22(28)26-11-3-4-17(27)14-26/h1-2,5-10,12,17,24,27H,3-4,11,13-14H2. The molecule has 4 rings (SSSR count). The molecule has 3 aromatic rings. The van der Waals surface area contributed by atoms with E-state index >= 15 is 0 Å². The SMILES string of the molecule is O=C(c1ccccc1NCc1ncc(-c2ccc(Cl)cc2)o1)N1CCCC(O)C1. The van der Waals surface area contributed by atoms with Gasteiger partial charge in [-0.2, -0.15) is 0 Å². The van der Waals surface area contributed by atoms with Gasteiger partial charge in [0.1, 0.15) is 0 Å². The fourth-order valence-electron chi connectivity index (χ4n) is 3.44. The molecule has 1 saturated heterocycles. The number of hydrogen-bond acceptors (Lipinski definition) is 5. The van der Waals surface area contributed by atoms with Gasteiger partial charge in [0.2, 0.25) is 5.89 Å². The van der Waals surface area contributed by atoms with Gasteiger partial charge in [0.05, 0.1) is 24.4 Å². The van der Waals surface area contributed by atoms with E-state index in [1.165, 1.54) is 0 Å². The second-order valence-electron chi connectivity index (χ2n) is 7.07. The lowest BCUT2D eigenvalue weighted by Crippen LogP contribution is -2.42. The van der Waals surface area contributed by atoms with Gasteiger partial charge in [-0.15, -0.1) is 0 Å². The maximum Gasteiger partial charge on any atom is 0.256 e. The zero-order chi connectivity index (χ0) is 20.2. The maximum absolute atomic E-state index is 12.9. The molecule has 0 bridgehead atoms. The highest BCUT2D eigenvalue weighted by Gasteiger charge is 2.24. The Labute approximate surface area is 174 Å². The van der Waals surface area contributed by atoms with Gasteiger partial charge in [-0.3, -0.25) is 4.79 Å². The molecule has 1 fully saturated rings. The Morgan fingerprint density at radius 3 is 2.83 bits per heavy atom. The minimum Gasteiger partial charge on any atom is -0.439 e. The highest BCUT2D eigenvalue weighted by Crippen LogP contribution is 2.24. The van der Waals surface area contributed by atoms with Crippen molar-refractivity contribution in [2.45, 2.75) is 25.5 Å². The van der Waals surface area contributed by atoms with Crippen molar-refractivity contribution in [3.8, 4) is 11.3 Å². The number of aliphatic hydroxyl groups is 1. The van der Waals surface area contributed by atoms with Gasteiger partial charge < -0.3 is 19.7 Å². The molecular formula is C22H22ClN3O3. The number of nitrogens with one attached hydrogen (secondary N) is 1. The largest absolute Gasteiger partial charge is 0.439 e. The smallest absolute Gasteiger partial charge is 0.256 e. The van der Waals surface area contributed by atoms with Gasteiger partial charge in [0, 0.05) is 29.4 Å². The molecule has 1 aromatic heterocycles. The molecule has 150 valence electrons. The van der Waals surface area contributed by atoms with Crippen molar-refractivity contribution in [1.29, 1.82) is 0 Å². The van der Waals surface area contributed by atoms with Crippen LogP contribution in [0.25, 0.3) is 11.3 Å². The van der Waals surface area contributed by atoms with Crippen molar-refractivity contribution in [3.63, 3.8) is 0 Å². The summed E-state index contributed by atoms with van der Waals surface area (Å²) in [5, 5.41) is 13.8. The summed E-state index contributed by atoms with van der Waals surface area (Å²) in [7, 11) is 0. The van der Waals surface area contributed by atoms with E-state index in [1.54, 1.807) is 29.3 Å². The summed E-state index contributed by atoms with van der Waals surface area (Å²) in [6.07, 6.45) is 2.77. The number of carbonyl (C=O) groups excluding carboxylic acids is 1. The zero-order valence-corrected chi connectivity index (χ0v) is 16.6. The number of carbonyl (C=O) groups is 1. The van der Waals surface area contributed by atoms with Gasteiger partial charge in [-0.1, -0.05) is 23.7 Å². The molecule has 6 nitrogen and oxygen atoms in total. The third kappa shape index (κ3) is 4.60. The number of rotatable bonds is 5. The monoisotopic (exact) mass is 411 g/mol. The van der Waals surface area contributed by atoms with E-state index in [2.05, 4.69) is 10.3 Å². The predicted molar refractivity (Wildman–Crippen MR) is 112 cm³/mol. The molecule has 0 spiro atoms. The number of anilines is 1. The third-order valence-electron chi connectivity index (χ3n) is 4.95. The van der Waals surface area contributed by atoms with Crippen molar-refractivity contribution < 1.29 is 14.3 Å². The Bertz CT molecular complexity index is 987. The van der Waals surface area contributed by atoms with Crippen molar-refractivity contribution in [2.24, 2.45) is 0 Å². The van der Waals surface area contributed by atoms with Gasteiger partial charge in [-0.05, 0) is 49.2 Å². The topological polar surface area (TPSA) is 78.6 Å². The predicted octanol–water partition coefficient (Wildman–Crippen LogP) is 4.20. The molecule has 1 atom stereocenters. The summed E-state index contributed by atoms with van der Waals surface area (Å²) in [4.78, 5) is 18.9. The zero-order valence-electron chi connectivity index (χ0n) is 15.8. The number of aliphatic hydroxyl groups excluding tert-OH is 1. The number of para-hydroxylation sites is 1. The number of piperidine rings is 1. The normalized spacial score (nSPS) is 16.6. The van der Waals surface area contributed by atoms with E-state index < -0.39 is 6.10 Å². The van der Waals surface area contributed by atoms with Crippen LogP contribution in [0.3, 0.4) is 0 Å². The van der Waals surface area contributed by atoms with E-state index in [4.69, 9.17) is 16.0 Å². The van der Waals surface area contributed by atoms with Crippen LogP contribution in [-0.4, -0.2) is 40.1 Å². The van der Waals surface area contributed by atoms with Crippen molar-refractivity contribution in [1.82, 2.24) is 9.88 Å². The molecule has 7 heteroatoms.